The first kappa shape index (κ1) is 9.15. The summed E-state index contributed by atoms with van der Waals surface area (Å²) in [7, 11) is 1.93. The lowest BCUT2D eigenvalue weighted by atomic mass is 10.00. The molecule has 1 aliphatic rings. The summed E-state index contributed by atoms with van der Waals surface area (Å²) < 4.78 is 7.82. The lowest BCUT2D eigenvalue weighted by molar-refractivity contribution is 0.0828. The molecule has 0 amide bonds. The van der Waals surface area contributed by atoms with Crippen LogP contribution < -0.4 is 0 Å². The molecule has 2 heterocycles. The van der Waals surface area contributed by atoms with Crippen molar-refractivity contribution in [2.45, 2.75) is 18.8 Å². The third-order valence-electron chi connectivity index (χ3n) is 2.36. The fourth-order valence-corrected chi connectivity index (χ4v) is 2.10. The molecule has 1 saturated heterocycles. The summed E-state index contributed by atoms with van der Waals surface area (Å²) in [5, 5.41) is 4.17. The number of ether oxygens (including phenoxy) is 1. The van der Waals surface area contributed by atoms with E-state index < -0.39 is 0 Å². The van der Waals surface area contributed by atoms with Crippen molar-refractivity contribution in [2.24, 2.45) is 7.05 Å². The predicted molar refractivity (Wildman–Crippen MR) is 51.5 cm³/mol. The van der Waals surface area contributed by atoms with Crippen molar-refractivity contribution in [2.75, 3.05) is 13.2 Å². The smallest absolute Gasteiger partial charge is 0.217 e. The lowest BCUT2D eigenvalue weighted by Crippen LogP contribution is -2.17. The van der Waals surface area contributed by atoms with Gasteiger partial charge in [0.15, 0.2) is 0 Å². The van der Waals surface area contributed by atoms with Crippen LogP contribution in [0.2, 0.25) is 0 Å². The van der Waals surface area contributed by atoms with Crippen LogP contribution in [0.4, 0.5) is 0 Å². The lowest BCUT2D eigenvalue weighted by Gasteiger charge is -2.20. The average molecular weight is 246 g/mol. The second kappa shape index (κ2) is 3.75. The van der Waals surface area contributed by atoms with E-state index in [-0.39, 0.29) is 0 Å². The standard InChI is InChI=1S/C8H12BrN3O/c1-12-7(10-8(9)11-12)6-2-4-13-5-3-6/h6H,2-5H2,1H3. The Kier molecular flexibility index (Phi) is 2.64. The summed E-state index contributed by atoms with van der Waals surface area (Å²) in [5.74, 6) is 1.58. The molecule has 5 heteroatoms. The molecule has 0 unspecified atom stereocenters. The second-order valence-electron chi connectivity index (χ2n) is 3.25. The molecule has 1 aliphatic heterocycles. The van der Waals surface area contributed by atoms with Crippen molar-refractivity contribution < 1.29 is 4.74 Å². The van der Waals surface area contributed by atoms with Gasteiger partial charge in [0.1, 0.15) is 5.82 Å². The molecule has 1 aromatic rings. The van der Waals surface area contributed by atoms with Crippen LogP contribution in [0.1, 0.15) is 24.6 Å². The largest absolute Gasteiger partial charge is 0.381 e. The minimum atomic E-state index is 0.512. The molecule has 1 aromatic heterocycles. The Morgan fingerprint density at radius 2 is 2.15 bits per heavy atom. The second-order valence-corrected chi connectivity index (χ2v) is 3.96. The molecule has 0 N–H and O–H groups in total. The van der Waals surface area contributed by atoms with E-state index in [4.69, 9.17) is 4.74 Å². The third-order valence-corrected chi connectivity index (χ3v) is 2.69. The van der Waals surface area contributed by atoms with Crippen LogP contribution in [-0.4, -0.2) is 28.0 Å². The van der Waals surface area contributed by atoms with E-state index in [0.29, 0.717) is 10.7 Å². The zero-order valence-corrected chi connectivity index (χ0v) is 9.12. The third kappa shape index (κ3) is 1.91. The molecule has 72 valence electrons. The van der Waals surface area contributed by atoms with Gasteiger partial charge in [0.25, 0.3) is 0 Å². The zero-order chi connectivity index (χ0) is 9.26. The van der Waals surface area contributed by atoms with Crippen molar-refractivity contribution in [3.8, 4) is 0 Å². The van der Waals surface area contributed by atoms with Crippen LogP contribution in [0.25, 0.3) is 0 Å². The van der Waals surface area contributed by atoms with Crippen molar-refractivity contribution in [1.29, 1.82) is 0 Å². The summed E-state index contributed by atoms with van der Waals surface area (Å²) in [4.78, 5) is 4.35. The van der Waals surface area contributed by atoms with Gasteiger partial charge in [0.2, 0.25) is 4.73 Å². The van der Waals surface area contributed by atoms with Crippen LogP contribution in [0.3, 0.4) is 0 Å². The topological polar surface area (TPSA) is 39.9 Å². The number of aryl methyl sites for hydroxylation is 1. The summed E-state index contributed by atoms with van der Waals surface area (Å²) in [6.07, 6.45) is 2.11. The van der Waals surface area contributed by atoms with Gasteiger partial charge in [-0.15, -0.1) is 5.10 Å². The van der Waals surface area contributed by atoms with Gasteiger partial charge in [-0.1, -0.05) is 0 Å². The molecule has 2 rings (SSSR count). The van der Waals surface area contributed by atoms with Crippen LogP contribution in [0.15, 0.2) is 4.73 Å². The Bertz CT molecular complexity index is 294. The quantitative estimate of drug-likeness (QED) is 0.753. The maximum Gasteiger partial charge on any atom is 0.217 e. The number of rotatable bonds is 1. The highest BCUT2D eigenvalue weighted by molar-refractivity contribution is 9.10. The monoisotopic (exact) mass is 245 g/mol. The molecule has 0 aromatic carbocycles. The molecule has 1 fully saturated rings. The van der Waals surface area contributed by atoms with Gasteiger partial charge in [-0.25, -0.2) is 4.98 Å². The van der Waals surface area contributed by atoms with Crippen LogP contribution in [0.5, 0.6) is 0 Å². The molecular weight excluding hydrogens is 234 g/mol. The number of halogens is 1. The van der Waals surface area contributed by atoms with Crippen molar-refractivity contribution in [3.63, 3.8) is 0 Å². The Hall–Kier alpha value is -0.420. The van der Waals surface area contributed by atoms with E-state index in [1.807, 2.05) is 11.7 Å². The van der Waals surface area contributed by atoms with Gasteiger partial charge >= 0.3 is 0 Å². The van der Waals surface area contributed by atoms with E-state index >= 15 is 0 Å². The first-order valence-corrected chi connectivity index (χ1v) is 5.21. The Morgan fingerprint density at radius 3 is 2.69 bits per heavy atom. The molecular formula is C8H12BrN3O. The normalized spacial score (nSPS) is 19.2. The van der Waals surface area contributed by atoms with Gasteiger partial charge in [-0.05, 0) is 28.8 Å². The molecule has 0 bridgehead atoms. The van der Waals surface area contributed by atoms with Gasteiger partial charge in [-0.3, -0.25) is 4.68 Å². The summed E-state index contributed by atoms with van der Waals surface area (Å²) in [5.41, 5.74) is 0. The molecule has 4 nitrogen and oxygen atoms in total. The highest BCUT2D eigenvalue weighted by Gasteiger charge is 2.20. The first-order valence-electron chi connectivity index (χ1n) is 4.41. The van der Waals surface area contributed by atoms with Gasteiger partial charge in [-0.2, -0.15) is 0 Å². The molecule has 0 aliphatic carbocycles. The van der Waals surface area contributed by atoms with Crippen LogP contribution >= 0.6 is 15.9 Å². The minimum Gasteiger partial charge on any atom is -0.381 e. The van der Waals surface area contributed by atoms with Crippen LogP contribution in [0, 0.1) is 0 Å². The van der Waals surface area contributed by atoms with Crippen LogP contribution in [-0.2, 0) is 11.8 Å². The first-order chi connectivity index (χ1) is 6.27. The van der Waals surface area contributed by atoms with Gasteiger partial charge in [0, 0.05) is 26.2 Å². The number of aromatic nitrogens is 3. The zero-order valence-electron chi connectivity index (χ0n) is 7.53. The van der Waals surface area contributed by atoms with E-state index in [1.54, 1.807) is 0 Å². The summed E-state index contributed by atoms with van der Waals surface area (Å²) in [6, 6.07) is 0. The predicted octanol–water partition coefficient (Wildman–Crippen LogP) is 1.47. The molecule has 0 atom stereocenters. The SMILES string of the molecule is Cn1nc(Br)nc1C1CCOCC1. The van der Waals surface area contributed by atoms with E-state index in [1.165, 1.54) is 0 Å². The van der Waals surface area contributed by atoms with E-state index in [0.717, 1.165) is 31.9 Å². The Balaban J connectivity index is 2.18. The summed E-state index contributed by atoms with van der Waals surface area (Å²) in [6.45, 7) is 1.68. The van der Waals surface area contributed by atoms with E-state index in [2.05, 4.69) is 26.0 Å². The average Bonchev–Trinajstić information content (AvgIpc) is 2.47. The highest BCUT2D eigenvalue weighted by Crippen LogP contribution is 2.25. The maximum atomic E-state index is 5.30. The van der Waals surface area contributed by atoms with Gasteiger partial charge < -0.3 is 4.74 Å². The number of nitrogens with zero attached hydrogens (tertiary/aromatic N) is 3. The van der Waals surface area contributed by atoms with Gasteiger partial charge in [0.05, 0.1) is 0 Å². The molecule has 13 heavy (non-hydrogen) atoms. The molecule has 0 spiro atoms. The minimum absolute atomic E-state index is 0.512. The summed E-state index contributed by atoms with van der Waals surface area (Å²) >= 11 is 3.28. The fourth-order valence-electron chi connectivity index (χ4n) is 1.68. The van der Waals surface area contributed by atoms with Crippen molar-refractivity contribution >= 4 is 15.9 Å². The van der Waals surface area contributed by atoms with Crippen molar-refractivity contribution in [3.05, 3.63) is 10.6 Å². The maximum absolute atomic E-state index is 5.30. The fraction of sp³-hybridized carbons (Fsp3) is 0.750. The number of hydrogen-bond donors (Lipinski definition) is 0. The Morgan fingerprint density at radius 1 is 1.46 bits per heavy atom. The van der Waals surface area contributed by atoms with E-state index in [9.17, 15) is 0 Å². The highest BCUT2D eigenvalue weighted by atomic mass is 79.9. The number of hydrogen-bond acceptors (Lipinski definition) is 3. The Labute approximate surface area is 85.4 Å². The molecule has 0 saturated carbocycles. The molecule has 0 radical (unpaired) electrons. The van der Waals surface area contributed by atoms with Crippen molar-refractivity contribution in [1.82, 2.24) is 14.8 Å².